The molecule has 1 aromatic carbocycles. The van der Waals surface area contributed by atoms with Crippen LogP contribution in [0.15, 0.2) is 55.0 Å². The molecule has 2 fully saturated rings. The van der Waals surface area contributed by atoms with E-state index in [1.54, 1.807) is 14.2 Å². The maximum absolute atomic E-state index is 5.64. The van der Waals surface area contributed by atoms with E-state index in [4.69, 9.17) is 9.47 Å². The summed E-state index contributed by atoms with van der Waals surface area (Å²) in [4.78, 5) is 10.1. The number of piperazine rings is 1. The summed E-state index contributed by atoms with van der Waals surface area (Å²) in [6.07, 6.45) is 12.7. The van der Waals surface area contributed by atoms with Crippen molar-refractivity contribution in [2.75, 3.05) is 52.0 Å². The number of aromatic nitrogens is 2. The molecule has 8 heteroatoms. The third kappa shape index (κ3) is 5.13. The normalized spacial score (nSPS) is 21.7. The Balaban J connectivity index is 1.14. The zero-order valence-corrected chi connectivity index (χ0v) is 22.9. The Hall–Kier alpha value is -3.07. The number of fused-ring (bicyclic) bond motifs is 1. The van der Waals surface area contributed by atoms with Crippen molar-refractivity contribution < 1.29 is 9.47 Å². The summed E-state index contributed by atoms with van der Waals surface area (Å²) in [5.41, 5.74) is 4.79. The first-order chi connectivity index (χ1) is 18.6. The van der Waals surface area contributed by atoms with Gasteiger partial charge in [-0.1, -0.05) is 18.6 Å². The minimum Gasteiger partial charge on any atom is -0.497 e. The Kier molecular flexibility index (Phi) is 7.28. The molecule has 2 aliphatic heterocycles. The van der Waals surface area contributed by atoms with Crippen molar-refractivity contribution in [1.82, 2.24) is 24.3 Å². The Labute approximate surface area is 226 Å². The number of anilines is 1. The van der Waals surface area contributed by atoms with Crippen LogP contribution in [-0.4, -0.2) is 83.5 Å². The molecule has 0 amide bonds. The van der Waals surface area contributed by atoms with Crippen LogP contribution in [0.3, 0.4) is 0 Å². The predicted molar refractivity (Wildman–Crippen MR) is 151 cm³/mol. The third-order valence-corrected chi connectivity index (χ3v) is 8.48. The fraction of sp³-hybridized carbons (Fsp3) is 0.500. The van der Waals surface area contributed by atoms with Crippen LogP contribution >= 0.6 is 0 Å². The quantitative estimate of drug-likeness (QED) is 0.445. The highest BCUT2D eigenvalue weighted by Gasteiger charge is 2.32. The molecule has 0 N–H and O–H groups in total. The molecule has 38 heavy (non-hydrogen) atoms. The molecule has 1 saturated carbocycles. The molecule has 1 unspecified atom stereocenters. The average Bonchev–Trinajstić information content (AvgIpc) is 3.33. The molecule has 1 aliphatic carbocycles. The Morgan fingerprint density at radius 3 is 2.66 bits per heavy atom. The van der Waals surface area contributed by atoms with Gasteiger partial charge in [-0.2, -0.15) is 5.10 Å². The number of hydrogen-bond acceptors (Lipinski definition) is 7. The minimum absolute atomic E-state index is 0.636. The minimum atomic E-state index is 0.636. The van der Waals surface area contributed by atoms with Gasteiger partial charge in [0.2, 0.25) is 0 Å². The molecule has 4 heterocycles. The first kappa shape index (κ1) is 25.2. The second-order valence-corrected chi connectivity index (χ2v) is 11.0. The van der Waals surface area contributed by atoms with Gasteiger partial charge >= 0.3 is 0 Å². The second kappa shape index (κ2) is 11.0. The lowest BCUT2D eigenvalue weighted by Gasteiger charge is -2.47. The van der Waals surface area contributed by atoms with E-state index >= 15 is 0 Å². The van der Waals surface area contributed by atoms with E-state index < -0.39 is 0 Å². The van der Waals surface area contributed by atoms with Gasteiger partial charge in [-0.3, -0.25) is 14.7 Å². The molecule has 0 bridgehead atoms. The topological polar surface area (TPSA) is 48.7 Å². The van der Waals surface area contributed by atoms with E-state index in [1.165, 1.54) is 31.4 Å². The van der Waals surface area contributed by atoms with Gasteiger partial charge in [0.25, 0.3) is 0 Å². The summed E-state index contributed by atoms with van der Waals surface area (Å²) in [5, 5.41) is 4.66. The van der Waals surface area contributed by atoms with Gasteiger partial charge in [0.05, 0.1) is 38.3 Å². The fourth-order valence-electron chi connectivity index (χ4n) is 6.18. The highest BCUT2D eigenvalue weighted by atomic mass is 16.5. The summed E-state index contributed by atoms with van der Waals surface area (Å²) in [6.45, 7) is 9.35. The monoisotopic (exact) mass is 516 g/mol. The largest absolute Gasteiger partial charge is 0.497 e. The van der Waals surface area contributed by atoms with E-state index in [0.29, 0.717) is 6.04 Å². The number of hydrogen-bond donors (Lipinski definition) is 0. The van der Waals surface area contributed by atoms with Gasteiger partial charge in [0, 0.05) is 75.4 Å². The van der Waals surface area contributed by atoms with Crippen molar-refractivity contribution in [2.45, 2.75) is 51.4 Å². The lowest BCUT2D eigenvalue weighted by molar-refractivity contribution is 0.0174. The average molecular weight is 517 g/mol. The second-order valence-electron chi connectivity index (χ2n) is 11.0. The molecule has 0 radical (unpaired) electrons. The third-order valence-electron chi connectivity index (χ3n) is 8.48. The van der Waals surface area contributed by atoms with E-state index in [-0.39, 0.29) is 0 Å². The molecule has 1 atom stereocenters. The zero-order valence-electron chi connectivity index (χ0n) is 22.9. The number of benzene rings is 1. The number of methoxy groups -OCH3 is 2. The van der Waals surface area contributed by atoms with Gasteiger partial charge in [0.1, 0.15) is 11.5 Å². The van der Waals surface area contributed by atoms with Crippen LogP contribution in [0.4, 0.5) is 5.69 Å². The van der Waals surface area contributed by atoms with Crippen LogP contribution in [-0.2, 0) is 13.1 Å². The van der Waals surface area contributed by atoms with Crippen LogP contribution in [0.5, 0.6) is 11.5 Å². The first-order valence-corrected chi connectivity index (χ1v) is 13.9. The number of pyridine rings is 1. The standard InChI is InChI=1S/C30H40N6O2/c1-23-19-32(14-15-35(23)26-6-4-7-26)20-24-10-13-36-28(16-24)29(18-31-36)34-12-5-11-33(22-34)21-25-8-9-27(37-2)17-30(25)38-3/h5,8-10,12-13,16-18,23,26H,4,6-7,11,14-15,19-22H2,1-3H3. The van der Waals surface area contributed by atoms with Crippen molar-refractivity contribution in [3.8, 4) is 11.5 Å². The van der Waals surface area contributed by atoms with Crippen LogP contribution in [0.1, 0.15) is 37.3 Å². The Morgan fingerprint density at radius 2 is 1.89 bits per heavy atom. The van der Waals surface area contributed by atoms with E-state index in [0.717, 1.165) is 73.7 Å². The first-order valence-electron chi connectivity index (χ1n) is 13.9. The fourth-order valence-corrected chi connectivity index (χ4v) is 6.18. The van der Waals surface area contributed by atoms with Crippen LogP contribution < -0.4 is 14.4 Å². The number of ether oxygens (including phenoxy) is 2. The summed E-state index contributed by atoms with van der Waals surface area (Å²) in [5.74, 6) is 1.66. The molecule has 3 aromatic rings. The van der Waals surface area contributed by atoms with Crippen molar-refractivity contribution >= 4 is 11.2 Å². The molecule has 8 nitrogen and oxygen atoms in total. The molecule has 3 aliphatic rings. The molecular weight excluding hydrogens is 476 g/mol. The lowest BCUT2D eigenvalue weighted by atomic mass is 9.89. The van der Waals surface area contributed by atoms with Crippen molar-refractivity contribution in [3.05, 3.63) is 66.1 Å². The lowest BCUT2D eigenvalue weighted by Crippen LogP contribution is -2.56. The molecular formula is C30H40N6O2. The van der Waals surface area contributed by atoms with E-state index in [1.807, 2.05) is 22.8 Å². The highest BCUT2D eigenvalue weighted by molar-refractivity contribution is 5.74. The molecule has 1 saturated heterocycles. The van der Waals surface area contributed by atoms with Crippen LogP contribution in [0.25, 0.3) is 5.52 Å². The zero-order chi connectivity index (χ0) is 26.1. The summed E-state index contributed by atoms with van der Waals surface area (Å²) in [7, 11) is 3.40. The SMILES string of the molecule is COc1ccc(CN2CC=CN(c3cnn4ccc(CN5CCN(C6CCC6)C(C)C5)cc34)C2)c(OC)c1. The maximum Gasteiger partial charge on any atom is 0.127 e. The van der Waals surface area contributed by atoms with Crippen LogP contribution in [0, 0.1) is 0 Å². The number of nitrogens with zero attached hydrogens (tertiary/aromatic N) is 6. The predicted octanol–water partition coefficient (Wildman–Crippen LogP) is 4.20. The van der Waals surface area contributed by atoms with E-state index in [2.05, 4.69) is 68.3 Å². The van der Waals surface area contributed by atoms with Gasteiger partial charge in [-0.25, -0.2) is 4.52 Å². The molecule has 0 spiro atoms. The van der Waals surface area contributed by atoms with Crippen LogP contribution in [0.2, 0.25) is 0 Å². The molecule has 202 valence electrons. The van der Waals surface area contributed by atoms with Gasteiger partial charge < -0.3 is 14.4 Å². The Morgan fingerprint density at radius 1 is 1.00 bits per heavy atom. The van der Waals surface area contributed by atoms with Gasteiger partial charge in [0.15, 0.2) is 0 Å². The smallest absolute Gasteiger partial charge is 0.127 e. The summed E-state index contributed by atoms with van der Waals surface area (Å²) >= 11 is 0. The van der Waals surface area contributed by atoms with Gasteiger partial charge in [-0.05, 0) is 43.5 Å². The van der Waals surface area contributed by atoms with E-state index in [9.17, 15) is 0 Å². The maximum atomic E-state index is 5.64. The molecule has 2 aromatic heterocycles. The highest BCUT2D eigenvalue weighted by Crippen LogP contribution is 2.30. The Bertz CT molecular complexity index is 1280. The summed E-state index contributed by atoms with van der Waals surface area (Å²) in [6, 6.07) is 12.1. The molecule has 6 rings (SSSR count). The number of rotatable bonds is 8. The van der Waals surface area contributed by atoms with Gasteiger partial charge in [-0.15, -0.1) is 0 Å². The van der Waals surface area contributed by atoms with Crippen molar-refractivity contribution in [1.29, 1.82) is 0 Å². The summed E-state index contributed by atoms with van der Waals surface area (Å²) < 4.78 is 13.0. The van der Waals surface area contributed by atoms with Crippen molar-refractivity contribution in [2.24, 2.45) is 0 Å². The van der Waals surface area contributed by atoms with Crippen molar-refractivity contribution in [3.63, 3.8) is 0 Å².